The van der Waals surface area contributed by atoms with E-state index >= 15 is 0 Å². The van der Waals surface area contributed by atoms with Gasteiger partial charge in [-0.3, -0.25) is 14.9 Å². The van der Waals surface area contributed by atoms with Crippen molar-refractivity contribution in [1.82, 2.24) is 0 Å². The molecule has 0 atom stereocenters. The van der Waals surface area contributed by atoms with Gasteiger partial charge in [0.25, 0.3) is 5.69 Å². The summed E-state index contributed by atoms with van der Waals surface area (Å²) in [5.41, 5.74) is 0.942. The maximum atomic E-state index is 10.5. The maximum Gasteiger partial charge on any atom is 0.269 e. The van der Waals surface area contributed by atoms with Crippen LogP contribution in [-0.4, -0.2) is 16.3 Å². The largest absolute Gasteiger partial charge is 0.507 e. The van der Waals surface area contributed by atoms with E-state index in [1.54, 1.807) is 0 Å². The number of nitrogens with zero attached hydrogens (tertiary/aromatic N) is 3. The first-order valence-electron chi connectivity index (χ1n) is 5.54. The molecule has 0 aliphatic rings. The first-order chi connectivity index (χ1) is 9.60. The number of hydrogen-bond acceptors (Lipinski definition) is 6. The number of hydrogen-bond donors (Lipinski definition) is 1. The van der Waals surface area contributed by atoms with E-state index in [2.05, 4.69) is 10.2 Å². The Kier molecular flexibility index (Phi) is 3.80. The molecule has 0 unspecified atom stereocenters. The van der Waals surface area contributed by atoms with Gasteiger partial charge in [0.15, 0.2) is 6.29 Å². The second kappa shape index (κ2) is 5.70. The second-order valence-corrected chi connectivity index (χ2v) is 3.83. The highest BCUT2D eigenvalue weighted by Crippen LogP contribution is 2.25. The van der Waals surface area contributed by atoms with Gasteiger partial charge in [0, 0.05) is 18.2 Å². The van der Waals surface area contributed by atoms with Crippen molar-refractivity contribution in [3.05, 3.63) is 58.1 Å². The highest BCUT2D eigenvalue weighted by Gasteiger charge is 2.03. The highest BCUT2D eigenvalue weighted by atomic mass is 16.6. The minimum Gasteiger partial charge on any atom is -0.507 e. The van der Waals surface area contributed by atoms with Crippen molar-refractivity contribution in [2.75, 3.05) is 0 Å². The first kappa shape index (κ1) is 13.3. The summed E-state index contributed by atoms with van der Waals surface area (Å²) in [5, 5.41) is 27.7. The van der Waals surface area contributed by atoms with Crippen LogP contribution in [0.3, 0.4) is 0 Å². The summed E-state index contributed by atoms with van der Waals surface area (Å²) in [5.74, 6) is -0.180. The van der Waals surface area contributed by atoms with Crippen LogP contribution < -0.4 is 0 Å². The van der Waals surface area contributed by atoms with Gasteiger partial charge in [0.2, 0.25) is 0 Å². The minimum absolute atomic E-state index is 0.0306. The molecule has 0 spiro atoms. The van der Waals surface area contributed by atoms with Crippen molar-refractivity contribution in [2.45, 2.75) is 0 Å². The van der Waals surface area contributed by atoms with Gasteiger partial charge >= 0.3 is 0 Å². The SMILES string of the molecule is O=Cc1ccc(N=Nc2ccc([N+](=O)[O-])cc2)cc1O. The lowest BCUT2D eigenvalue weighted by Gasteiger charge is -1.97. The van der Waals surface area contributed by atoms with E-state index in [-0.39, 0.29) is 17.0 Å². The van der Waals surface area contributed by atoms with E-state index in [1.807, 2.05) is 0 Å². The molecule has 0 amide bonds. The molecule has 0 aromatic heterocycles. The molecule has 7 nitrogen and oxygen atoms in total. The number of nitro benzene ring substituents is 1. The predicted octanol–water partition coefficient (Wildman–Crippen LogP) is 3.53. The van der Waals surface area contributed by atoms with Crippen LogP contribution in [0.25, 0.3) is 0 Å². The Balaban J connectivity index is 2.18. The normalized spacial score (nSPS) is 10.6. The summed E-state index contributed by atoms with van der Waals surface area (Å²) in [6.45, 7) is 0. The van der Waals surface area contributed by atoms with Gasteiger partial charge < -0.3 is 5.11 Å². The van der Waals surface area contributed by atoms with Gasteiger partial charge in [0.1, 0.15) is 5.75 Å². The molecular weight excluding hydrogens is 262 g/mol. The number of aldehydes is 1. The summed E-state index contributed by atoms with van der Waals surface area (Å²) in [6.07, 6.45) is 0.534. The van der Waals surface area contributed by atoms with Crippen molar-refractivity contribution in [2.24, 2.45) is 10.2 Å². The Hall–Kier alpha value is -3.09. The van der Waals surface area contributed by atoms with Gasteiger partial charge in [0.05, 0.1) is 21.9 Å². The fraction of sp³-hybridized carbons (Fsp3) is 0. The summed E-state index contributed by atoms with van der Waals surface area (Å²) in [7, 11) is 0. The average Bonchev–Trinajstić information content (AvgIpc) is 2.45. The molecule has 0 heterocycles. The Morgan fingerprint density at radius 3 is 2.20 bits per heavy atom. The molecule has 2 aromatic rings. The van der Waals surface area contributed by atoms with E-state index in [4.69, 9.17) is 0 Å². The Morgan fingerprint density at radius 2 is 1.65 bits per heavy atom. The van der Waals surface area contributed by atoms with Gasteiger partial charge in [-0.2, -0.15) is 10.2 Å². The number of azo groups is 1. The summed E-state index contributed by atoms with van der Waals surface area (Å²) in [6, 6.07) is 9.81. The molecule has 0 aliphatic heterocycles. The molecule has 1 N–H and O–H groups in total. The summed E-state index contributed by atoms with van der Waals surface area (Å²) >= 11 is 0. The second-order valence-electron chi connectivity index (χ2n) is 3.83. The third-order valence-electron chi connectivity index (χ3n) is 2.48. The molecule has 20 heavy (non-hydrogen) atoms. The summed E-state index contributed by atoms with van der Waals surface area (Å²) in [4.78, 5) is 20.5. The number of aromatic hydroxyl groups is 1. The number of carbonyl (C=O) groups is 1. The van der Waals surface area contributed by atoms with E-state index in [0.717, 1.165) is 0 Å². The number of benzene rings is 2. The molecule has 0 saturated carbocycles. The van der Waals surface area contributed by atoms with Crippen molar-refractivity contribution in [3.8, 4) is 5.75 Å². The molecule has 2 rings (SSSR count). The van der Waals surface area contributed by atoms with Crippen molar-refractivity contribution < 1.29 is 14.8 Å². The lowest BCUT2D eigenvalue weighted by molar-refractivity contribution is -0.384. The van der Waals surface area contributed by atoms with Crippen LogP contribution in [0.15, 0.2) is 52.7 Å². The molecule has 0 aliphatic carbocycles. The first-order valence-corrected chi connectivity index (χ1v) is 5.54. The number of rotatable bonds is 4. The Bertz CT molecular complexity index is 681. The zero-order chi connectivity index (χ0) is 14.5. The third-order valence-corrected chi connectivity index (χ3v) is 2.48. The molecule has 7 heteroatoms. The van der Waals surface area contributed by atoms with Crippen molar-refractivity contribution in [1.29, 1.82) is 0 Å². The van der Waals surface area contributed by atoms with Crippen LogP contribution in [0, 0.1) is 10.1 Å². The van der Waals surface area contributed by atoms with Crippen molar-refractivity contribution >= 4 is 23.3 Å². The predicted molar refractivity (Wildman–Crippen MR) is 70.8 cm³/mol. The smallest absolute Gasteiger partial charge is 0.269 e. The van der Waals surface area contributed by atoms with Gasteiger partial charge in [-0.15, -0.1) is 0 Å². The quantitative estimate of drug-likeness (QED) is 0.397. The van der Waals surface area contributed by atoms with Gasteiger partial charge in [-0.05, 0) is 24.3 Å². The van der Waals surface area contributed by atoms with Crippen molar-refractivity contribution in [3.63, 3.8) is 0 Å². The zero-order valence-corrected chi connectivity index (χ0v) is 10.1. The molecular formula is C13H9N3O4. The summed E-state index contributed by atoms with van der Waals surface area (Å²) < 4.78 is 0. The molecule has 0 saturated heterocycles. The lowest BCUT2D eigenvalue weighted by Crippen LogP contribution is -1.85. The standard InChI is InChI=1S/C13H9N3O4/c17-8-9-1-2-11(7-13(9)18)15-14-10-3-5-12(6-4-10)16(19)20/h1-8,18H. The van der Waals surface area contributed by atoms with E-state index in [1.165, 1.54) is 42.5 Å². The minimum atomic E-state index is -0.503. The molecule has 0 fully saturated rings. The highest BCUT2D eigenvalue weighted by molar-refractivity contribution is 5.80. The van der Waals surface area contributed by atoms with Gasteiger partial charge in [-0.25, -0.2) is 0 Å². The van der Waals surface area contributed by atoms with Crippen LogP contribution in [0.1, 0.15) is 10.4 Å². The molecule has 100 valence electrons. The number of carbonyl (C=O) groups excluding carboxylic acids is 1. The maximum absolute atomic E-state index is 10.5. The number of phenolic OH excluding ortho intramolecular Hbond substituents is 1. The third kappa shape index (κ3) is 3.02. The molecule has 0 bridgehead atoms. The van der Waals surface area contributed by atoms with E-state index < -0.39 is 4.92 Å². The number of phenols is 1. The molecule has 0 radical (unpaired) electrons. The topological polar surface area (TPSA) is 105 Å². The Morgan fingerprint density at radius 1 is 1.05 bits per heavy atom. The van der Waals surface area contributed by atoms with Crippen LogP contribution >= 0.6 is 0 Å². The average molecular weight is 271 g/mol. The lowest BCUT2D eigenvalue weighted by atomic mass is 10.2. The fourth-order valence-corrected chi connectivity index (χ4v) is 1.45. The van der Waals surface area contributed by atoms with Crippen LogP contribution in [0.5, 0.6) is 5.75 Å². The zero-order valence-electron chi connectivity index (χ0n) is 10.1. The van der Waals surface area contributed by atoms with Crippen LogP contribution in [0.2, 0.25) is 0 Å². The number of non-ortho nitro benzene ring substituents is 1. The monoisotopic (exact) mass is 271 g/mol. The van der Waals surface area contributed by atoms with Crippen LogP contribution in [0.4, 0.5) is 17.1 Å². The van der Waals surface area contributed by atoms with Gasteiger partial charge in [-0.1, -0.05) is 0 Å². The van der Waals surface area contributed by atoms with E-state index in [0.29, 0.717) is 17.7 Å². The number of nitro groups is 1. The Labute approximate surface area is 113 Å². The van der Waals surface area contributed by atoms with E-state index in [9.17, 15) is 20.0 Å². The fourth-order valence-electron chi connectivity index (χ4n) is 1.45. The molecule has 2 aromatic carbocycles. The van der Waals surface area contributed by atoms with Crippen LogP contribution in [-0.2, 0) is 0 Å².